The molecule has 2 aliphatic rings. The summed E-state index contributed by atoms with van der Waals surface area (Å²) in [5.41, 5.74) is 1.13. The molecule has 0 saturated carbocycles. The van der Waals surface area contributed by atoms with E-state index in [9.17, 15) is 33.0 Å². The summed E-state index contributed by atoms with van der Waals surface area (Å²) in [5.74, 6) is -0.246. The molecular weight excluding hydrogens is 547 g/mol. The van der Waals surface area contributed by atoms with E-state index in [1.165, 1.54) is 4.90 Å². The highest BCUT2D eigenvalue weighted by molar-refractivity contribution is 5.86. The maximum atomic E-state index is 14.2. The molecule has 2 aromatic carbocycles. The van der Waals surface area contributed by atoms with Crippen molar-refractivity contribution in [3.8, 4) is 0 Å². The summed E-state index contributed by atoms with van der Waals surface area (Å²) in [6.07, 6.45) is -3.70. The molecule has 0 bridgehead atoms. The Morgan fingerprint density at radius 1 is 1.05 bits per heavy atom. The van der Waals surface area contributed by atoms with Gasteiger partial charge in [-0.05, 0) is 73.4 Å². The number of carbonyl (C=O) groups excluding carboxylic acids is 2. The molecule has 0 spiro atoms. The molecule has 0 unspecified atom stereocenters. The van der Waals surface area contributed by atoms with Gasteiger partial charge in [-0.15, -0.1) is 0 Å². The van der Waals surface area contributed by atoms with E-state index in [1.807, 2.05) is 45.0 Å². The van der Waals surface area contributed by atoms with Gasteiger partial charge in [0.1, 0.15) is 0 Å². The number of piperazine rings is 1. The first-order valence-electron chi connectivity index (χ1n) is 14.6. The van der Waals surface area contributed by atoms with Crippen LogP contribution in [-0.2, 0) is 11.0 Å². The summed E-state index contributed by atoms with van der Waals surface area (Å²) in [6, 6.07) is 9.83. The number of nitrogens with zero attached hydrogens (tertiary/aromatic N) is 3. The number of hydrogen-bond donors (Lipinski definition) is 2. The van der Waals surface area contributed by atoms with Gasteiger partial charge in [-0.25, -0.2) is 4.79 Å². The molecule has 2 N–H and O–H groups in total. The first-order valence-corrected chi connectivity index (χ1v) is 14.6. The first kappa shape index (κ1) is 31.8. The van der Waals surface area contributed by atoms with Gasteiger partial charge in [0.2, 0.25) is 5.91 Å². The Kier molecular flexibility index (Phi) is 9.28. The van der Waals surface area contributed by atoms with E-state index < -0.39 is 29.2 Å². The molecule has 230 valence electrons. The predicted octanol–water partition coefficient (Wildman–Crippen LogP) is 5.66. The molecule has 2 saturated heterocycles. The van der Waals surface area contributed by atoms with Crippen LogP contribution in [0, 0.1) is 12.3 Å². The number of urea groups is 1. The normalized spacial score (nSPS) is 21.1. The van der Waals surface area contributed by atoms with Gasteiger partial charge in [0.15, 0.2) is 0 Å². The van der Waals surface area contributed by atoms with Gasteiger partial charge in [0.25, 0.3) is 0 Å². The zero-order valence-corrected chi connectivity index (χ0v) is 25.0. The Hall–Kier alpha value is -3.11. The van der Waals surface area contributed by atoms with E-state index in [0.29, 0.717) is 24.1 Å². The second-order valence-corrected chi connectivity index (χ2v) is 12.1. The lowest BCUT2D eigenvalue weighted by Gasteiger charge is -2.47. The summed E-state index contributed by atoms with van der Waals surface area (Å²) >= 11 is 0. The maximum absolute atomic E-state index is 14.2. The van der Waals surface area contributed by atoms with E-state index in [2.05, 4.69) is 0 Å². The summed E-state index contributed by atoms with van der Waals surface area (Å²) in [7, 11) is 1.60. The lowest BCUT2D eigenvalue weighted by Crippen LogP contribution is -2.57. The van der Waals surface area contributed by atoms with Gasteiger partial charge in [0.05, 0.1) is 29.1 Å². The second kappa shape index (κ2) is 12.2. The van der Waals surface area contributed by atoms with E-state index in [4.69, 9.17) is 0 Å². The van der Waals surface area contributed by atoms with Crippen LogP contribution in [0.4, 0.5) is 18.0 Å². The fourth-order valence-electron chi connectivity index (χ4n) is 6.65. The zero-order valence-electron chi connectivity index (χ0n) is 25.0. The molecule has 2 aromatic rings. The average molecular weight is 590 g/mol. The summed E-state index contributed by atoms with van der Waals surface area (Å²) in [4.78, 5) is 32.9. The molecule has 0 aromatic heterocycles. The third kappa shape index (κ3) is 5.88. The molecule has 3 amide bonds. The van der Waals surface area contributed by atoms with E-state index in [0.717, 1.165) is 23.3 Å². The molecule has 0 aliphatic carbocycles. The van der Waals surface area contributed by atoms with Gasteiger partial charge in [-0.2, -0.15) is 13.2 Å². The molecular formula is C32H42F3N3O4. The standard InChI is InChI=1S/C32H42F3N3O4/c1-20(2)23-16-24(18-25(17-23)32(33,34)35)22(4)36(5)30(42)38-13-12-37-27(28(38)26-9-7-6-8-21(26)3)19-31(10-14-39,11-15-40)29(37)41/h6-9,16-18,20,22,27-28,39-40H,10-15,19H2,1-5H3/t22-,27+,28+/m1/s1. The van der Waals surface area contributed by atoms with Crippen LogP contribution in [0.3, 0.4) is 0 Å². The molecule has 42 heavy (non-hydrogen) atoms. The van der Waals surface area contributed by atoms with Crippen molar-refractivity contribution in [2.75, 3.05) is 33.4 Å². The molecule has 2 fully saturated rings. The summed E-state index contributed by atoms with van der Waals surface area (Å²) < 4.78 is 41.3. The van der Waals surface area contributed by atoms with Crippen molar-refractivity contribution in [3.05, 3.63) is 70.3 Å². The maximum Gasteiger partial charge on any atom is 0.416 e. The SMILES string of the molecule is Cc1ccccc1[C@H]1[C@@H]2CC(CCO)(CCO)C(=O)N2CCN1C(=O)N(C)[C@H](C)c1cc(C(C)C)cc(C(F)(F)F)c1. The summed E-state index contributed by atoms with van der Waals surface area (Å²) in [5, 5.41) is 19.6. The largest absolute Gasteiger partial charge is 0.416 e. The van der Waals surface area contributed by atoms with Crippen LogP contribution in [0.25, 0.3) is 0 Å². The van der Waals surface area contributed by atoms with Crippen molar-refractivity contribution in [2.24, 2.45) is 5.41 Å². The number of alkyl halides is 3. The number of hydrogen-bond acceptors (Lipinski definition) is 4. The minimum atomic E-state index is -4.52. The Bertz CT molecular complexity index is 1290. The van der Waals surface area contributed by atoms with Crippen LogP contribution in [0.5, 0.6) is 0 Å². The van der Waals surface area contributed by atoms with Gasteiger partial charge in [-0.1, -0.05) is 44.2 Å². The fourth-order valence-corrected chi connectivity index (χ4v) is 6.65. The number of aliphatic hydroxyl groups excluding tert-OH is 2. The van der Waals surface area contributed by atoms with Crippen molar-refractivity contribution in [1.29, 1.82) is 0 Å². The number of halogens is 3. The number of fused-ring (bicyclic) bond motifs is 1. The van der Waals surface area contributed by atoms with Crippen LogP contribution in [0.2, 0.25) is 0 Å². The highest BCUT2D eigenvalue weighted by atomic mass is 19.4. The molecule has 2 aliphatic heterocycles. The lowest BCUT2D eigenvalue weighted by atomic mass is 9.77. The zero-order chi connectivity index (χ0) is 31.0. The second-order valence-electron chi connectivity index (χ2n) is 12.1. The van der Waals surface area contributed by atoms with E-state index >= 15 is 0 Å². The molecule has 10 heteroatoms. The fraction of sp³-hybridized carbons (Fsp3) is 0.562. The number of aliphatic hydroxyl groups is 2. The lowest BCUT2D eigenvalue weighted by molar-refractivity contribution is -0.140. The number of carbonyl (C=O) groups is 2. The van der Waals surface area contributed by atoms with Gasteiger partial charge < -0.3 is 24.9 Å². The quantitative estimate of drug-likeness (QED) is 0.416. The number of benzene rings is 2. The minimum absolute atomic E-state index is 0.117. The Morgan fingerprint density at radius 2 is 1.67 bits per heavy atom. The summed E-state index contributed by atoms with van der Waals surface area (Å²) in [6.45, 7) is 7.49. The minimum Gasteiger partial charge on any atom is -0.396 e. The number of amides is 3. The van der Waals surface area contributed by atoms with Crippen molar-refractivity contribution in [1.82, 2.24) is 14.7 Å². The smallest absolute Gasteiger partial charge is 0.396 e. The van der Waals surface area contributed by atoms with Crippen molar-refractivity contribution >= 4 is 11.9 Å². The highest BCUT2D eigenvalue weighted by Gasteiger charge is 2.56. The predicted molar refractivity (Wildman–Crippen MR) is 154 cm³/mol. The average Bonchev–Trinajstić information content (AvgIpc) is 3.22. The third-order valence-electron chi connectivity index (χ3n) is 9.27. The molecule has 4 rings (SSSR count). The van der Waals surface area contributed by atoms with Crippen LogP contribution >= 0.6 is 0 Å². The number of aryl methyl sites for hydroxylation is 1. The van der Waals surface area contributed by atoms with Gasteiger partial charge in [-0.3, -0.25) is 4.79 Å². The van der Waals surface area contributed by atoms with Crippen LogP contribution in [-0.4, -0.2) is 76.2 Å². The van der Waals surface area contributed by atoms with Gasteiger partial charge in [0, 0.05) is 33.4 Å². The van der Waals surface area contributed by atoms with E-state index in [1.54, 1.807) is 29.8 Å². The van der Waals surface area contributed by atoms with E-state index in [-0.39, 0.29) is 56.5 Å². The van der Waals surface area contributed by atoms with Crippen molar-refractivity contribution in [2.45, 2.75) is 77.2 Å². The monoisotopic (exact) mass is 589 g/mol. The van der Waals surface area contributed by atoms with Gasteiger partial charge >= 0.3 is 12.2 Å². The van der Waals surface area contributed by atoms with Crippen molar-refractivity contribution < 1.29 is 33.0 Å². The third-order valence-corrected chi connectivity index (χ3v) is 9.27. The molecule has 3 atom stereocenters. The van der Waals surface area contributed by atoms with Crippen LogP contribution < -0.4 is 0 Å². The Morgan fingerprint density at radius 3 is 2.24 bits per heavy atom. The molecule has 2 heterocycles. The Balaban J connectivity index is 1.73. The van der Waals surface area contributed by atoms with Crippen LogP contribution in [0.15, 0.2) is 42.5 Å². The topological polar surface area (TPSA) is 84.3 Å². The molecule has 7 nitrogen and oxygen atoms in total. The Labute approximate surface area is 245 Å². The van der Waals surface area contributed by atoms with Crippen LogP contribution in [0.1, 0.15) is 85.9 Å². The van der Waals surface area contributed by atoms with Crippen molar-refractivity contribution in [3.63, 3.8) is 0 Å². The first-order chi connectivity index (χ1) is 19.8. The number of rotatable bonds is 8. The molecule has 0 radical (unpaired) electrons. The highest BCUT2D eigenvalue weighted by Crippen LogP contribution is 2.49.